The number of hydrogen-bond donors (Lipinski definition) is 0. The van der Waals surface area contributed by atoms with Gasteiger partial charge in [-0.1, -0.05) is 41.4 Å². The first-order valence-corrected chi connectivity index (χ1v) is 6.06. The molecule has 0 saturated heterocycles. The van der Waals surface area contributed by atoms with Gasteiger partial charge in [0.05, 0.1) is 5.56 Å². The van der Waals surface area contributed by atoms with Gasteiger partial charge in [-0.3, -0.25) is 0 Å². The smallest absolute Gasteiger partial charge is 0.343 e. The Bertz CT molecular complexity index is 557. The summed E-state index contributed by atoms with van der Waals surface area (Å²) in [5.41, 5.74) is 1.24. The number of benzene rings is 2. The molecule has 4 heteroatoms. The lowest BCUT2D eigenvalue weighted by molar-refractivity contribution is 0.0735. The molecule has 2 aromatic carbocycles. The fourth-order valence-electron chi connectivity index (χ4n) is 1.42. The zero-order valence-corrected chi connectivity index (χ0v) is 11.1. The summed E-state index contributed by atoms with van der Waals surface area (Å²) in [6.07, 6.45) is 0. The van der Waals surface area contributed by atoms with E-state index in [0.717, 1.165) is 5.56 Å². The summed E-state index contributed by atoms with van der Waals surface area (Å²) in [7, 11) is 0. The quantitative estimate of drug-likeness (QED) is 0.597. The van der Waals surface area contributed by atoms with Gasteiger partial charge in [0.2, 0.25) is 0 Å². The highest BCUT2D eigenvalue weighted by Crippen LogP contribution is 2.29. The first-order chi connectivity index (χ1) is 8.58. The largest absolute Gasteiger partial charge is 0.423 e. The summed E-state index contributed by atoms with van der Waals surface area (Å²) in [4.78, 5) is 11.8. The Morgan fingerprint density at radius 1 is 1.06 bits per heavy atom. The van der Waals surface area contributed by atoms with E-state index < -0.39 is 5.97 Å². The Labute approximate surface area is 115 Å². The van der Waals surface area contributed by atoms with E-state index in [1.807, 2.05) is 6.07 Å². The van der Waals surface area contributed by atoms with Gasteiger partial charge in [0.25, 0.3) is 0 Å². The molecule has 0 aliphatic rings. The average Bonchev–Trinajstić information content (AvgIpc) is 2.37. The highest BCUT2D eigenvalue weighted by atomic mass is 35.5. The predicted molar refractivity (Wildman–Crippen MR) is 72.6 cm³/mol. The molecule has 0 aliphatic carbocycles. The van der Waals surface area contributed by atoms with Crippen molar-refractivity contribution in [3.05, 3.63) is 63.6 Å². The fourth-order valence-corrected chi connectivity index (χ4v) is 1.89. The lowest BCUT2D eigenvalue weighted by Gasteiger charge is -2.07. The van der Waals surface area contributed by atoms with Crippen molar-refractivity contribution in [2.75, 3.05) is 0 Å². The van der Waals surface area contributed by atoms with Crippen LogP contribution < -0.4 is 4.74 Å². The van der Waals surface area contributed by atoms with Crippen molar-refractivity contribution >= 4 is 29.2 Å². The molecule has 0 amide bonds. The van der Waals surface area contributed by atoms with Crippen LogP contribution in [-0.4, -0.2) is 5.97 Å². The van der Waals surface area contributed by atoms with Gasteiger partial charge in [-0.05, 0) is 36.8 Å². The SMILES string of the molecule is Cc1c(Cl)cc(OC(=O)c2ccccc2)cc1Cl. The molecule has 0 aliphatic heterocycles. The highest BCUT2D eigenvalue weighted by Gasteiger charge is 2.10. The first-order valence-electron chi connectivity index (χ1n) is 5.31. The van der Waals surface area contributed by atoms with Crippen LogP contribution in [0.15, 0.2) is 42.5 Å². The van der Waals surface area contributed by atoms with Gasteiger partial charge in [0.1, 0.15) is 5.75 Å². The number of carbonyl (C=O) groups is 1. The minimum atomic E-state index is -0.438. The Kier molecular flexibility index (Phi) is 3.90. The summed E-state index contributed by atoms with van der Waals surface area (Å²) < 4.78 is 5.21. The van der Waals surface area contributed by atoms with Gasteiger partial charge in [-0.2, -0.15) is 0 Å². The molecule has 0 N–H and O–H groups in total. The Morgan fingerprint density at radius 3 is 2.17 bits per heavy atom. The number of rotatable bonds is 2. The zero-order chi connectivity index (χ0) is 13.1. The zero-order valence-electron chi connectivity index (χ0n) is 9.61. The summed E-state index contributed by atoms with van der Waals surface area (Å²) >= 11 is 11.9. The summed E-state index contributed by atoms with van der Waals surface area (Å²) in [6, 6.07) is 11.9. The van der Waals surface area contributed by atoms with Crippen LogP contribution in [-0.2, 0) is 0 Å². The molecule has 0 heterocycles. The molecule has 18 heavy (non-hydrogen) atoms. The number of ether oxygens (including phenoxy) is 1. The van der Waals surface area contributed by atoms with Crippen molar-refractivity contribution in [1.29, 1.82) is 0 Å². The maximum atomic E-state index is 11.8. The molecule has 0 fully saturated rings. The number of hydrogen-bond acceptors (Lipinski definition) is 2. The van der Waals surface area contributed by atoms with E-state index in [4.69, 9.17) is 27.9 Å². The van der Waals surface area contributed by atoms with E-state index in [2.05, 4.69) is 0 Å². The van der Waals surface area contributed by atoms with Gasteiger partial charge in [-0.25, -0.2) is 4.79 Å². The number of halogens is 2. The van der Waals surface area contributed by atoms with E-state index in [-0.39, 0.29) is 0 Å². The van der Waals surface area contributed by atoms with E-state index in [9.17, 15) is 4.79 Å². The summed E-state index contributed by atoms with van der Waals surface area (Å²) in [5, 5.41) is 0.941. The van der Waals surface area contributed by atoms with Gasteiger partial charge in [0, 0.05) is 10.0 Å². The molecule has 0 saturated carbocycles. The minimum Gasteiger partial charge on any atom is -0.423 e. The molecule has 0 atom stereocenters. The maximum Gasteiger partial charge on any atom is 0.343 e. The lowest BCUT2D eigenvalue weighted by atomic mass is 10.2. The molecule has 2 nitrogen and oxygen atoms in total. The maximum absolute atomic E-state index is 11.8. The number of esters is 1. The minimum absolute atomic E-state index is 0.337. The average molecular weight is 281 g/mol. The first kappa shape index (κ1) is 12.9. The van der Waals surface area contributed by atoms with E-state index in [1.54, 1.807) is 43.3 Å². The Hall–Kier alpha value is -1.51. The fraction of sp³-hybridized carbons (Fsp3) is 0.0714. The van der Waals surface area contributed by atoms with Crippen LogP contribution in [0, 0.1) is 6.92 Å². The Morgan fingerprint density at radius 2 is 1.61 bits per heavy atom. The van der Waals surface area contributed by atoms with Crippen LogP contribution in [0.1, 0.15) is 15.9 Å². The molecule has 0 radical (unpaired) electrons. The lowest BCUT2D eigenvalue weighted by Crippen LogP contribution is -2.08. The number of carbonyl (C=O) groups excluding carboxylic acids is 1. The van der Waals surface area contributed by atoms with Crippen LogP contribution in [0.25, 0.3) is 0 Å². The molecule has 0 bridgehead atoms. The normalized spacial score (nSPS) is 10.2. The van der Waals surface area contributed by atoms with Crippen molar-refractivity contribution in [3.63, 3.8) is 0 Å². The molecular formula is C14H10Cl2O2. The molecule has 0 aromatic heterocycles. The third kappa shape index (κ3) is 2.84. The van der Waals surface area contributed by atoms with Crippen molar-refractivity contribution in [1.82, 2.24) is 0 Å². The molecule has 0 spiro atoms. The third-order valence-electron chi connectivity index (χ3n) is 2.47. The van der Waals surface area contributed by atoms with Crippen molar-refractivity contribution < 1.29 is 9.53 Å². The highest BCUT2D eigenvalue weighted by molar-refractivity contribution is 6.36. The summed E-state index contributed by atoms with van der Waals surface area (Å²) in [5.74, 6) is -0.101. The topological polar surface area (TPSA) is 26.3 Å². The van der Waals surface area contributed by atoms with E-state index in [1.165, 1.54) is 0 Å². The van der Waals surface area contributed by atoms with Crippen molar-refractivity contribution in [2.24, 2.45) is 0 Å². The second-order valence-corrected chi connectivity index (χ2v) is 4.58. The van der Waals surface area contributed by atoms with Crippen LogP contribution in [0.4, 0.5) is 0 Å². The molecule has 2 rings (SSSR count). The third-order valence-corrected chi connectivity index (χ3v) is 3.26. The van der Waals surface area contributed by atoms with Gasteiger partial charge in [0.15, 0.2) is 0 Å². The monoisotopic (exact) mass is 280 g/mol. The standard InChI is InChI=1S/C14H10Cl2O2/c1-9-12(15)7-11(8-13(9)16)18-14(17)10-5-3-2-4-6-10/h2-8H,1H3. The summed E-state index contributed by atoms with van der Waals surface area (Å²) in [6.45, 7) is 1.80. The van der Waals surface area contributed by atoms with E-state index >= 15 is 0 Å². The predicted octanol–water partition coefficient (Wildman–Crippen LogP) is 4.52. The molecular weight excluding hydrogens is 271 g/mol. The van der Waals surface area contributed by atoms with Gasteiger partial charge in [-0.15, -0.1) is 0 Å². The van der Waals surface area contributed by atoms with Gasteiger partial charge < -0.3 is 4.74 Å². The second kappa shape index (κ2) is 5.42. The van der Waals surface area contributed by atoms with Crippen LogP contribution >= 0.6 is 23.2 Å². The Balaban J connectivity index is 2.23. The van der Waals surface area contributed by atoms with Gasteiger partial charge >= 0.3 is 5.97 Å². The van der Waals surface area contributed by atoms with E-state index in [0.29, 0.717) is 21.4 Å². The molecule has 2 aromatic rings. The van der Waals surface area contributed by atoms with Crippen LogP contribution in [0.5, 0.6) is 5.75 Å². The van der Waals surface area contributed by atoms with Crippen LogP contribution in [0.2, 0.25) is 10.0 Å². The molecule has 0 unspecified atom stereocenters. The second-order valence-electron chi connectivity index (χ2n) is 3.77. The molecule has 92 valence electrons. The van der Waals surface area contributed by atoms with Crippen molar-refractivity contribution in [3.8, 4) is 5.75 Å². The van der Waals surface area contributed by atoms with Crippen molar-refractivity contribution in [2.45, 2.75) is 6.92 Å². The van der Waals surface area contributed by atoms with Crippen LogP contribution in [0.3, 0.4) is 0 Å².